The Hall–Kier alpha value is -0.860. The van der Waals surface area contributed by atoms with E-state index in [-0.39, 0.29) is 6.10 Å². The van der Waals surface area contributed by atoms with Crippen LogP contribution in [0.5, 0.6) is 0 Å². The molecule has 0 spiro atoms. The molecule has 0 saturated heterocycles. The molecule has 1 saturated carbocycles. The number of hydrogen-bond donors (Lipinski definition) is 1. The second kappa shape index (κ2) is 7.24. The van der Waals surface area contributed by atoms with Gasteiger partial charge in [0.15, 0.2) is 0 Å². The van der Waals surface area contributed by atoms with E-state index >= 15 is 0 Å². The van der Waals surface area contributed by atoms with Crippen molar-refractivity contribution in [2.75, 3.05) is 13.1 Å². The first-order valence-corrected chi connectivity index (χ1v) is 8.11. The van der Waals surface area contributed by atoms with Crippen LogP contribution in [0, 0.1) is 13.8 Å². The third-order valence-corrected chi connectivity index (χ3v) is 4.82. The lowest BCUT2D eigenvalue weighted by atomic mass is 9.93. The van der Waals surface area contributed by atoms with Crippen LogP contribution >= 0.6 is 0 Å². The largest absolute Gasteiger partial charge is 0.387 e. The number of hydrogen-bond acceptors (Lipinski definition) is 2. The maximum absolute atomic E-state index is 10.5. The van der Waals surface area contributed by atoms with Crippen LogP contribution in [0.15, 0.2) is 18.2 Å². The minimum atomic E-state index is -0.365. The van der Waals surface area contributed by atoms with Crippen LogP contribution in [-0.4, -0.2) is 29.1 Å². The van der Waals surface area contributed by atoms with Crippen molar-refractivity contribution in [2.24, 2.45) is 0 Å². The number of aliphatic hydroxyl groups excluding tert-OH is 1. The summed E-state index contributed by atoms with van der Waals surface area (Å²) in [4.78, 5) is 2.47. The minimum Gasteiger partial charge on any atom is -0.387 e. The first-order valence-electron chi connectivity index (χ1n) is 8.11. The van der Waals surface area contributed by atoms with Crippen LogP contribution in [0.4, 0.5) is 0 Å². The predicted molar refractivity (Wildman–Crippen MR) is 85.0 cm³/mol. The number of aliphatic hydroxyl groups is 1. The van der Waals surface area contributed by atoms with Gasteiger partial charge in [0.05, 0.1) is 6.10 Å². The van der Waals surface area contributed by atoms with Crippen molar-refractivity contribution >= 4 is 0 Å². The van der Waals surface area contributed by atoms with Crippen molar-refractivity contribution in [1.82, 2.24) is 4.90 Å². The smallest absolute Gasteiger partial charge is 0.0917 e. The normalized spacial score (nSPS) is 18.4. The standard InChI is InChI=1S/C18H29NO/c1-4-19(17-8-6-5-7-9-17)13-18(20)16-11-10-14(2)15(3)12-16/h10-12,17-18,20H,4-9,13H2,1-3H3. The summed E-state index contributed by atoms with van der Waals surface area (Å²) >= 11 is 0. The molecule has 1 aliphatic carbocycles. The van der Waals surface area contributed by atoms with Crippen molar-refractivity contribution in [3.8, 4) is 0 Å². The van der Waals surface area contributed by atoms with E-state index in [0.29, 0.717) is 6.04 Å². The van der Waals surface area contributed by atoms with Crippen LogP contribution in [0.1, 0.15) is 61.8 Å². The Kier molecular flexibility index (Phi) is 5.62. The molecule has 1 aliphatic rings. The van der Waals surface area contributed by atoms with Crippen molar-refractivity contribution in [2.45, 2.75) is 65.0 Å². The average molecular weight is 275 g/mol. The van der Waals surface area contributed by atoms with Gasteiger partial charge in [-0.25, -0.2) is 0 Å². The Balaban J connectivity index is 2.00. The monoisotopic (exact) mass is 275 g/mol. The molecule has 2 rings (SSSR count). The van der Waals surface area contributed by atoms with E-state index in [1.54, 1.807) is 0 Å². The van der Waals surface area contributed by atoms with Gasteiger partial charge in [0.1, 0.15) is 0 Å². The molecule has 1 aromatic carbocycles. The molecule has 0 aliphatic heterocycles. The van der Waals surface area contributed by atoms with Gasteiger partial charge >= 0.3 is 0 Å². The van der Waals surface area contributed by atoms with E-state index in [1.165, 1.54) is 43.2 Å². The van der Waals surface area contributed by atoms with Gasteiger partial charge in [-0.2, -0.15) is 0 Å². The summed E-state index contributed by atoms with van der Waals surface area (Å²) in [7, 11) is 0. The molecular weight excluding hydrogens is 246 g/mol. The van der Waals surface area contributed by atoms with Crippen LogP contribution in [-0.2, 0) is 0 Å². The molecule has 0 radical (unpaired) electrons. The Morgan fingerprint density at radius 2 is 1.85 bits per heavy atom. The lowest BCUT2D eigenvalue weighted by Gasteiger charge is -2.35. The van der Waals surface area contributed by atoms with Gasteiger partial charge in [0.25, 0.3) is 0 Å². The summed E-state index contributed by atoms with van der Waals surface area (Å²) in [5.41, 5.74) is 3.62. The van der Waals surface area contributed by atoms with Crippen molar-refractivity contribution < 1.29 is 5.11 Å². The molecule has 1 N–H and O–H groups in total. The third kappa shape index (κ3) is 3.83. The summed E-state index contributed by atoms with van der Waals surface area (Å²) in [5, 5.41) is 10.5. The number of aryl methyl sites for hydroxylation is 2. The highest BCUT2D eigenvalue weighted by Crippen LogP contribution is 2.25. The molecule has 1 aromatic rings. The number of rotatable bonds is 5. The summed E-state index contributed by atoms with van der Waals surface area (Å²) < 4.78 is 0. The van der Waals surface area contributed by atoms with Gasteiger partial charge in [-0.05, 0) is 49.9 Å². The van der Waals surface area contributed by atoms with Crippen molar-refractivity contribution in [3.05, 3.63) is 34.9 Å². The maximum atomic E-state index is 10.5. The fraction of sp³-hybridized carbons (Fsp3) is 0.667. The fourth-order valence-corrected chi connectivity index (χ4v) is 3.28. The van der Waals surface area contributed by atoms with E-state index in [2.05, 4.69) is 43.9 Å². The van der Waals surface area contributed by atoms with Crippen LogP contribution in [0.25, 0.3) is 0 Å². The highest BCUT2D eigenvalue weighted by molar-refractivity contribution is 5.31. The molecule has 0 bridgehead atoms. The summed E-state index contributed by atoms with van der Waals surface area (Å²) in [6, 6.07) is 7.00. The lowest BCUT2D eigenvalue weighted by molar-refractivity contribution is 0.0766. The Labute approximate surface area is 123 Å². The average Bonchev–Trinajstić information content (AvgIpc) is 2.48. The predicted octanol–water partition coefficient (Wildman–Crippen LogP) is 3.99. The van der Waals surface area contributed by atoms with E-state index in [0.717, 1.165) is 18.7 Å². The van der Waals surface area contributed by atoms with E-state index in [4.69, 9.17) is 0 Å². The zero-order valence-corrected chi connectivity index (χ0v) is 13.2. The minimum absolute atomic E-state index is 0.365. The molecule has 0 aromatic heterocycles. The molecular formula is C18H29NO. The molecule has 0 amide bonds. The van der Waals surface area contributed by atoms with Gasteiger partial charge < -0.3 is 5.11 Å². The molecule has 20 heavy (non-hydrogen) atoms. The summed E-state index contributed by atoms with van der Waals surface area (Å²) in [6.07, 6.45) is 6.31. The first-order chi connectivity index (χ1) is 9.61. The topological polar surface area (TPSA) is 23.5 Å². The fourth-order valence-electron chi connectivity index (χ4n) is 3.28. The molecule has 1 fully saturated rings. The van der Waals surface area contributed by atoms with Gasteiger partial charge in [0.2, 0.25) is 0 Å². The third-order valence-electron chi connectivity index (χ3n) is 4.82. The van der Waals surface area contributed by atoms with E-state index in [1.807, 2.05) is 0 Å². The van der Waals surface area contributed by atoms with Crippen molar-refractivity contribution in [3.63, 3.8) is 0 Å². The van der Waals surface area contributed by atoms with Crippen molar-refractivity contribution in [1.29, 1.82) is 0 Å². The van der Waals surface area contributed by atoms with Gasteiger partial charge in [-0.1, -0.05) is 44.4 Å². The number of nitrogens with zero attached hydrogens (tertiary/aromatic N) is 1. The zero-order valence-electron chi connectivity index (χ0n) is 13.2. The second-order valence-corrected chi connectivity index (χ2v) is 6.24. The number of benzene rings is 1. The van der Waals surface area contributed by atoms with Gasteiger partial charge in [-0.15, -0.1) is 0 Å². The molecule has 112 valence electrons. The molecule has 1 unspecified atom stereocenters. The maximum Gasteiger partial charge on any atom is 0.0917 e. The highest BCUT2D eigenvalue weighted by atomic mass is 16.3. The first kappa shape index (κ1) is 15.5. The Morgan fingerprint density at radius 1 is 1.15 bits per heavy atom. The number of likely N-dealkylation sites (N-methyl/N-ethyl adjacent to an activating group) is 1. The van der Waals surface area contributed by atoms with Gasteiger partial charge in [0, 0.05) is 12.6 Å². The second-order valence-electron chi connectivity index (χ2n) is 6.24. The Morgan fingerprint density at radius 3 is 2.45 bits per heavy atom. The molecule has 2 heteroatoms. The van der Waals surface area contributed by atoms with E-state index in [9.17, 15) is 5.11 Å². The quantitative estimate of drug-likeness (QED) is 0.878. The highest BCUT2D eigenvalue weighted by Gasteiger charge is 2.22. The summed E-state index contributed by atoms with van der Waals surface area (Å²) in [5.74, 6) is 0. The molecule has 0 heterocycles. The van der Waals surface area contributed by atoms with Crippen LogP contribution in [0.3, 0.4) is 0 Å². The zero-order chi connectivity index (χ0) is 14.5. The molecule has 2 nitrogen and oxygen atoms in total. The van der Waals surface area contributed by atoms with Gasteiger partial charge in [-0.3, -0.25) is 4.90 Å². The Bertz CT molecular complexity index is 423. The van der Waals surface area contributed by atoms with Crippen LogP contribution < -0.4 is 0 Å². The molecule has 1 atom stereocenters. The summed E-state index contributed by atoms with van der Waals surface area (Å²) in [6.45, 7) is 8.24. The lowest BCUT2D eigenvalue weighted by Crippen LogP contribution is -2.39. The van der Waals surface area contributed by atoms with E-state index < -0.39 is 0 Å². The van der Waals surface area contributed by atoms with Crippen LogP contribution in [0.2, 0.25) is 0 Å². The SMILES string of the molecule is CCN(CC(O)c1ccc(C)c(C)c1)C1CCCCC1.